The first-order valence-electron chi connectivity index (χ1n) is 7.46. The average Bonchev–Trinajstić information content (AvgIpc) is 2.75. The van der Waals surface area contributed by atoms with Gasteiger partial charge < -0.3 is 4.90 Å². The lowest BCUT2D eigenvalue weighted by Crippen LogP contribution is -2.39. The zero-order chi connectivity index (χ0) is 14.6. The number of nitro benzene ring substituents is 1. The molecule has 2 saturated carbocycles. The fourth-order valence-corrected chi connectivity index (χ4v) is 5.74. The Kier molecular flexibility index (Phi) is 1.80. The van der Waals surface area contributed by atoms with E-state index in [9.17, 15) is 10.1 Å². The van der Waals surface area contributed by atoms with Gasteiger partial charge in [-0.3, -0.25) is 10.1 Å². The van der Waals surface area contributed by atoms with Crippen LogP contribution in [0.1, 0.15) is 6.42 Å². The van der Waals surface area contributed by atoms with Crippen molar-refractivity contribution in [3.63, 3.8) is 0 Å². The number of piperidine rings is 1. The molecular formula is C14H11N5O2S. The first kappa shape index (κ1) is 11.5. The highest BCUT2D eigenvalue weighted by Crippen LogP contribution is 2.64. The van der Waals surface area contributed by atoms with Gasteiger partial charge in [0.25, 0.3) is 5.69 Å². The summed E-state index contributed by atoms with van der Waals surface area (Å²) in [7, 11) is 0. The first-order chi connectivity index (χ1) is 10.8. The molecule has 2 aliphatic carbocycles. The summed E-state index contributed by atoms with van der Waals surface area (Å²) in [4.78, 5) is 13.3. The highest BCUT2D eigenvalue weighted by atomic mass is 32.1. The van der Waals surface area contributed by atoms with Crippen molar-refractivity contribution in [1.29, 1.82) is 0 Å². The third-order valence-electron chi connectivity index (χ3n) is 5.84. The molecule has 3 fully saturated rings. The minimum atomic E-state index is -0.324. The van der Waals surface area contributed by atoms with E-state index in [2.05, 4.69) is 19.5 Å². The summed E-state index contributed by atoms with van der Waals surface area (Å²) in [5.41, 5.74) is 1.25. The highest BCUT2D eigenvalue weighted by Gasteiger charge is 2.73. The topological polar surface area (TPSA) is 83.8 Å². The molecule has 110 valence electrons. The van der Waals surface area contributed by atoms with Crippen molar-refractivity contribution in [3.05, 3.63) is 28.4 Å². The predicted octanol–water partition coefficient (Wildman–Crippen LogP) is 2.61. The van der Waals surface area contributed by atoms with Gasteiger partial charge in [-0.2, -0.15) is 14.6 Å². The molecular weight excluding hydrogens is 302 g/mol. The third kappa shape index (κ3) is 1.11. The summed E-state index contributed by atoms with van der Waals surface area (Å²) in [5.74, 6) is 1.24. The maximum absolute atomic E-state index is 11.2. The standard InChI is InChI=1S/C14H11N5O2S/c20-19(21)9-2-1-8(7-4-15-22-14(7)9)18-12-5-3-6(13(12)18)11-10(5)16-17-11/h1-2,4-6,10-13H,3H2/t5-,6+,10+,11-,12+,13-,18?. The number of rotatable bonds is 2. The Balaban J connectivity index is 1.46. The van der Waals surface area contributed by atoms with E-state index in [1.165, 1.54) is 18.0 Å². The van der Waals surface area contributed by atoms with Gasteiger partial charge in [0.15, 0.2) is 0 Å². The molecule has 22 heavy (non-hydrogen) atoms. The number of hydrogen-bond donors (Lipinski definition) is 0. The van der Waals surface area contributed by atoms with Crippen molar-refractivity contribution in [2.24, 2.45) is 22.1 Å². The van der Waals surface area contributed by atoms with Gasteiger partial charge in [0.1, 0.15) is 16.8 Å². The molecule has 6 atom stereocenters. The average molecular weight is 313 g/mol. The number of benzene rings is 1. The molecule has 8 heteroatoms. The lowest BCUT2D eigenvalue weighted by Gasteiger charge is -2.27. The molecule has 0 N–H and O–H groups in total. The SMILES string of the molecule is O=[N+]([O-])c1ccc(N2[C@@H]3[C@H]4C[C@H]([C@@H]5N=N[C@H]45)[C@@H]32)c2cnsc12. The molecule has 0 unspecified atom stereocenters. The molecule has 2 aliphatic heterocycles. The molecule has 0 amide bonds. The smallest absolute Gasteiger partial charge is 0.288 e. The summed E-state index contributed by atoms with van der Waals surface area (Å²) in [6.45, 7) is 0. The van der Waals surface area contributed by atoms with Crippen molar-refractivity contribution in [3.8, 4) is 0 Å². The Labute approximate surface area is 129 Å². The minimum Gasteiger partial charge on any atom is -0.360 e. The zero-order valence-corrected chi connectivity index (χ0v) is 12.2. The van der Waals surface area contributed by atoms with E-state index in [1.54, 1.807) is 12.3 Å². The van der Waals surface area contributed by atoms with Crippen LogP contribution in [0.25, 0.3) is 10.1 Å². The van der Waals surface area contributed by atoms with E-state index < -0.39 is 0 Å². The van der Waals surface area contributed by atoms with Crippen LogP contribution < -0.4 is 4.90 Å². The van der Waals surface area contributed by atoms with E-state index in [1.807, 2.05) is 6.07 Å². The summed E-state index contributed by atoms with van der Waals surface area (Å²) in [6, 6.07) is 5.48. The summed E-state index contributed by atoms with van der Waals surface area (Å²) >= 11 is 1.20. The number of azo groups is 1. The number of fused-ring (bicyclic) bond motifs is 9. The van der Waals surface area contributed by atoms with Gasteiger partial charge in [0, 0.05) is 29.0 Å². The Hall–Kier alpha value is -2.09. The largest absolute Gasteiger partial charge is 0.360 e. The quantitative estimate of drug-likeness (QED) is 0.484. The second-order valence-electron chi connectivity index (χ2n) is 6.59. The molecule has 6 rings (SSSR count). The maximum atomic E-state index is 11.2. The van der Waals surface area contributed by atoms with E-state index in [4.69, 9.17) is 0 Å². The van der Waals surface area contributed by atoms with Crippen LogP contribution in [-0.2, 0) is 0 Å². The maximum Gasteiger partial charge on any atom is 0.288 e. The molecule has 0 radical (unpaired) electrons. The fraction of sp³-hybridized carbons (Fsp3) is 0.500. The number of hydrogen-bond acceptors (Lipinski definition) is 7. The molecule has 3 heterocycles. The summed E-state index contributed by atoms with van der Waals surface area (Å²) < 4.78 is 4.86. The minimum absolute atomic E-state index is 0.154. The van der Waals surface area contributed by atoms with Gasteiger partial charge in [0.05, 0.1) is 23.2 Å². The lowest BCUT2D eigenvalue weighted by molar-refractivity contribution is -0.382. The monoisotopic (exact) mass is 313 g/mol. The van der Waals surface area contributed by atoms with E-state index >= 15 is 0 Å². The molecule has 1 saturated heterocycles. The van der Waals surface area contributed by atoms with Crippen LogP contribution in [0.4, 0.5) is 11.4 Å². The molecule has 1 aromatic carbocycles. The van der Waals surface area contributed by atoms with Crippen molar-refractivity contribution in [2.75, 3.05) is 4.90 Å². The second kappa shape index (κ2) is 3.45. The van der Waals surface area contributed by atoms with E-state index in [0.717, 1.165) is 11.1 Å². The number of nitrogens with zero attached hydrogens (tertiary/aromatic N) is 5. The van der Waals surface area contributed by atoms with Crippen LogP contribution >= 0.6 is 11.5 Å². The fourth-order valence-electron chi connectivity index (χ4n) is 4.98. The van der Waals surface area contributed by atoms with Crippen LogP contribution in [0.5, 0.6) is 0 Å². The van der Waals surface area contributed by atoms with Gasteiger partial charge >= 0.3 is 0 Å². The number of anilines is 1. The van der Waals surface area contributed by atoms with E-state index in [0.29, 0.717) is 40.7 Å². The van der Waals surface area contributed by atoms with Crippen LogP contribution in [-0.4, -0.2) is 33.5 Å². The zero-order valence-electron chi connectivity index (χ0n) is 11.4. The Bertz CT molecular complexity index is 855. The Morgan fingerprint density at radius 2 is 1.95 bits per heavy atom. The predicted molar refractivity (Wildman–Crippen MR) is 80.4 cm³/mol. The van der Waals surface area contributed by atoms with Crippen LogP contribution in [0.3, 0.4) is 0 Å². The van der Waals surface area contributed by atoms with Crippen LogP contribution in [0.15, 0.2) is 28.6 Å². The molecule has 2 aromatic rings. The molecule has 2 bridgehead atoms. The number of non-ortho nitro benzene ring substituents is 1. The van der Waals surface area contributed by atoms with Gasteiger partial charge in [-0.25, -0.2) is 0 Å². The highest BCUT2D eigenvalue weighted by molar-refractivity contribution is 7.14. The number of nitro groups is 1. The number of aromatic nitrogens is 1. The van der Waals surface area contributed by atoms with Gasteiger partial charge in [-0.1, -0.05) is 0 Å². The summed E-state index contributed by atoms with van der Waals surface area (Å²) in [6.07, 6.45) is 3.01. The molecule has 4 aliphatic rings. The normalized spacial score (nSPS) is 39.7. The van der Waals surface area contributed by atoms with Crippen molar-refractivity contribution >= 4 is 33.0 Å². The van der Waals surface area contributed by atoms with Gasteiger partial charge in [-0.15, -0.1) is 0 Å². The van der Waals surface area contributed by atoms with Crippen molar-refractivity contribution < 1.29 is 4.92 Å². The Morgan fingerprint density at radius 1 is 1.23 bits per heavy atom. The second-order valence-corrected chi connectivity index (χ2v) is 7.40. The van der Waals surface area contributed by atoms with Crippen molar-refractivity contribution in [1.82, 2.24) is 4.37 Å². The lowest BCUT2D eigenvalue weighted by atomic mass is 9.90. The first-order valence-corrected chi connectivity index (χ1v) is 8.23. The molecule has 1 aromatic heterocycles. The summed E-state index contributed by atoms with van der Waals surface area (Å²) in [5, 5.41) is 20.7. The molecule has 7 nitrogen and oxygen atoms in total. The van der Waals surface area contributed by atoms with Crippen LogP contribution in [0.2, 0.25) is 0 Å². The van der Waals surface area contributed by atoms with Crippen LogP contribution in [0, 0.1) is 22.0 Å². The molecule has 0 spiro atoms. The van der Waals surface area contributed by atoms with Crippen molar-refractivity contribution in [2.45, 2.75) is 30.6 Å². The Morgan fingerprint density at radius 3 is 2.59 bits per heavy atom. The van der Waals surface area contributed by atoms with Gasteiger partial charge in [0.2, 0.25) is 0 Å². The third-order valence-corrected chi connectivity index (χ3v) is 6.66. The van der Waals surface area contributed by atoms with E-state index in [-0.39, 0.29) is 10.6 Å². The van der Waals surface area contributed by atoms with Gasteiger partial charge in [-0.05, 0) is 24.0 Å².